The molecular weight excluding hydrogens is 266 g/mol. The van der Waals surface area contributed by atoms with E-state index in [9.17, 15) is 10.1 Å². The first-order valence-electron chi connectivity index (χ1n) is 5.58. The molecule has 1 aromatic carbocycles. The topological polar surface area (TPSA) is 81.2 Å². The molecule has 100 valence electrons. The van der Waals surface area contributed by atoms with Crippen molar-refractivity contribution in [1.29, 1.82) is 0 Å². The summed E-state index contributed by atoms with van der Waals surface area (Å²) in [6.07, 6.45) is 1.56. The van der Waals surface area contributed by atoms with Gasteiger partial charge in [-0.25, -0.2) is 4.98 Å². The number of rotatable bonds is 4. The van der Waals surface area contributed by atoms with Crippen molar-refractivity contribution < 1.29 is 10.0 Å². The number of aliphatic hydroxyl groups is 1. The second kappa shape index (κ2) is 5.41. The van der Waals surface area contributed by atoms with E-state index in [1.54, 1.807) is 42.9 Å². The van der Waals surface area contributed by atoms with E-state index in [1.807, 2.05) is 0 Å². The Hall–Kier alpha value is -1.86. The molecule has 0 amide bonds. The normalized spacial score (nSPS) is 10.7. The molecule has 7 heteroatoms. The van der Waals surface area contributed by atoms with Gasteiger partial charge in [-0.15, -0.1) is 0 Å². The molecular formula is C12H13N3O3S. The molecule has 6 nitrogen and oxygen atoms in total. The first kappa shape index (κ1) is 13.6. The first-order chi connectivity index (χ1) is 9.04. The minimum atomic E-state index is -0.381. The van der Waals surface area contributed by atoms with E-state index in [1.165, 1.54) is 11.8 Å². The Kier molecular flexibility index (Phi) is 3.87. The number of hydrogen-bond donors (Lipinski definition) is 1. The van der Waals surface area contributed by atoms with Crippen LogP contribution in [0, 0.1) is 17.0 Å². The molecule has 0 saturated heterocycles. The van der Waals surface area contributed by atoms with E-state index < -0.39 is 0 Å². The lowest BCUT2D eigenvalue weighted by atomic mass is 10.2. The molecule has 0 aliphatic rings. The minimum absolute atomic E-state index is 0.0982. The summed E-state index contributed by atoms with van der Waals surface area (Å²) < 4.78 is 1.72. The lowest BCUT2D eigenvalue weighted by Crippen LogP contribution is -1.98. The number of aromatic nitrogens is 2. The Morgan fingerprint density at radius 3 is 2.84 bits per heavy atom. The van der Waals surface area contributed by atoms with Gasteiger partial charge in [-0.3, -0.25) is 10.1 Å². The van der Waals surface area contributed by atoms with Gasteiger partial charge in [0.15, 0.2) is 5.16 Å². The number of aryl methyl sites for hydroxylation is 1. The number of hydrogen-bond acceptors (Lipinski definition) is 5. The Bertz CT molecular complexity index is 625. The predicted molar refractivity (Wildman–Crippen MR) is 71.1 cm³/mol. The highest BCUT2D eigenvalue weighted by Gasteiger charge is 2.19. The molecule has 0 radical (unpaired) electrons. The standard InChI is InChI=1S/C12H13N3O3S/c1-8-4-3-5-10(11(8)15(17)18)19-12-13-6-9(7-16)14(12)2/h3-6,16H,7H2,1-2H3. The third-order valence-electron chi connectivity index (χ3n) is 2.79. The molecule has 2 aromatic rings. The number of nitrogens with zero attached hydrogens (tertiary/aromatic N) is 3. The molecule has 1 aromatic heterocycles. The fourth-order valence-electron chi connectivity index (χ4n) is 1.71. The van der Waals surface area contributed by atoms with Gasteiger partial charge >= 0.3 is 0 Å². The first-order valence-corrected chi connectivity index (χ1v) is 6.39. The second-order valence-corrected chi connectivity index (χ2v) is 5.04. The summed E-state index contributed by atoms with van der Waals surface area (Å²) in [4.78, 5) is 15.4. The fraction of sp³-hybridized carbons (Fsp3) is 0.250. The van der Waals surface area contributed by atoms with Crippen LogP contribution in [0.2, 0.25) is 0 Å². The third kappa shape index (κ3) is 2.61. The molecule has 0 aliphatic carbocycles. The lowest BCUT2D eigenvalue weighted by molar-refractivity contribution is -0.388. The maximum Gasteiger partial charge on any atom is 0.286 e. The minimum Gasteiger partial charge on any atom is -0.390 e. The molecule has 0 bridgehead atoms. The number of benzene rings is 1. The van der Waals surface area contributed by atoms with Gasteiger partial charge in [0.1, 0.15) is 0 Å². The van der Waals surface area contributed by atoms with Crippen LogP contribution in [0.1, 0.15) is 11.3 Å². The average molecular weight is 279 g/mol. The summed E-state index contributed by atoms with van der Waals surface area (Å²) in [5, 5.41) is 20.8. The summed E-state index contributed by atoms with van der Waals surface area (Å²) in [5.41, 5.74) is 1.38. The number of nitro benzene ring substituents is 1. The van der Waals surface area contributed by atoms with Crippen LogP contribution in [-0.4, -0.2) is 19.6 Å². The van der Waals surface area contributed by atoms with Crippen molar-refractivity contribution in [2.24, 2.45) is 7.05 Å². The van der Waals surface area contributed by atoms with E-state index in [0.29, 0.717) is 21.3 Å². The maximum absolute atomic E-state index is 11.1. The maximum atomic E-state index is 11.1. The summed E-state index contributed by atoms with van der Waals surface area (Å²) in [6.45, 7) is 1.60. The van der Waals surface area contributed by atoms with Crippen molar-refractivity contribution in [1.82, 2.24) is 9.55 Å². The van der Waals surface area contributed by atoms with Gasteiger partial charge in [-0.2, -0.15) is 0 Å². The zero-order valence-corrected chi connectivity index (χ0v) is 11.3. The predicted octanol–water partition coefficient (Wildman–Crippen LogP) is 2.28. The molecule has 2 rings (SSSR count). The molecule has 1 heterocycles. The highest BCUT2D eigenvalue weighted by atomic mass is 32.2. The van der Waals surface area contributed by atoms with Gasteiger partial charge in [-0.1, -0.05) is 12.1 Å². The summed E-state index contributed by atoms with van der Waals surface area (Å²) in [6, 6.07) is 5.18. The summed E-state index contributed by atoms with van der Waals surface area (Å²) in [5.74, 6) is 0. The molecule has 0 fully saturated rings. The molecule has 0 spiro atoms. The zero-order valence-electron chi connectivity index (χ0n) is 10.5. The largest absolute Gasteiger partial charge is 0.390 e. The van der Waals surface area contributed by atoms with Crippen LogP contribution in [0.5, 0.6) is 0 Å². The van der Waals surface area contributed by atoms with Crippen LogP contribution >= 0.6 is 11.8 Å². The van der Waals surface area contributed by atoms with Gasteiger partial charge in [-0.05, 0) is 24.8 Å². The van der Waals surface area contributed by atoms with E-state index in [-0.39, 0.29) is 17.2 Å². The molecule has 0 unspecified atom stereocenters. The molecule has 0 aliphatic heterocycles. The van der Waals surface area contributed by atoms with Crippen LogP contribution < -0.4 is 0 Å². The summed E-state index contributed by atoms with van der Waals surface area (Å²) in [7, 11) is 1.77. The molecule has 19 heavy (non-hydrogen) atoms. The van der Waals surface area contributed by atoms with Crippen molar-refractivity contribution in [3.05, 3.63) is 45.8 Å². The number of imidazole rings is 1. The van der Waals surface area contributed by atoms with Crippen LogP contribution in [-0.2, 0) is 13.7 Å². The van der Waals surface area contributed by atoms with Crippen LogP contribution in [0.4, 0.5) is 5.69 Å². The second-order valence-electron chi connectivity index (χ2n) is 4.03. The number of aliphatic hydroxyl groups excluding tert-OH is 1. The van der Waals surface area contributed by atoms with Crippen LogP contribution in [0.15, 0.2) is 34.4 Å². The van der Waals surface area contributed by atoms with Crippen molar-refractivity contribution in [3.8, 4) is 0 Å². The van der Waals surface area contributed by atoms with Crippen molar-refractivity contribution in [3.63, 3.8) is 0 Å². The van der Waals surface area contributed by atoms with Crippen molar-refractivity contribution in [2.75, 3.05) is 0 Å². The van der Waals surface area contributed by atoms with E-state index in [0.717, 1.165) is 0 Å². The van der Waals surface area contributed by atoms with Gasteiger partial charge in [0.05, 0.1) is 28.3 Å². The Morgan fingerprint density at radius 2 is 2.26 bits per heavy atom. The third-order valence-corrected chi connectivity index (χ3v) is 3.90. The quantitative estimate of drug-likeness (QED) is 0.686. The van der Waals surface area contributed by atoms with Crippen molar-refractivity contribution >= 4 is 17.4 Å². The highest BCUT2D eigenvalue weighted by Crippen LogP contribution is 2.35. The zero-order chi connectivity index (χ0) is 14.0. The number of nitro groups is 1. The fourth-order valence-corrected chi connectivity index (χ4v) is 2.75. The smallest absolute Gasteiger partial charge is 0.286 e. The Morgan fingerprint density at radius 1 is 1.53 bits per heavy atom. The molecule has 0 atom stereocenters. The van der Waals surface area contributed by atoms with E-state index in [2.05, 4.69) is 4.98 Å². The highest BCUT2D eigenvalue weighted by molar-refractivity contribution is 7.99. The lowest BCUT2D eigenvalue weighted by Gasteiger charge is -2.06. The SMILES string of the molecule is Cc1cccc(Sc2ncc(CO)n2C)c1[N+](=O)[O-]. The van der Waals surface area contributed by atoms with Gasteiger partial charge in [0.25, 0.3) is 5.69 Å². The van der Waals surface area contributed by atoms with Gasteiger partial charge < -0.3 is 9.67 Å². The molecule has 1 N–H and O–H groups in total. The Labute approximate surface area is 114 Å². The Balaban J connectivity index is 2.41. The van der Waals surface area contributed by atoms with E-state index in [4.69, 9.17) is 5.11 Å². The summed E-state index contributed by atoms with van der Waals surface area (Å²) >= 11 is 1.22. The van der Waals surface area contributed by atoms with Gasteiger partial charge in [0.2, 0.25) is 0 Å². The monoisotopic (exact) mass is 279 g/mol. The number of para-hydroxylation sites is 1. The average Bonchev–Trinajstić information content (AvgIpc) is 2.70. The van der Waals surface area contributed by atoms with Crippen LogP contribution in [0.3, 0.4) is 0 Å². The van der Waals surface area contributed by atoms with Gasteiger partial charge in [0, 0.05) is 12.6 Å². The molecule has 0 saturated carbocycles. The van der Waals surface area contributed by atoms with E-state index >= 15 is 0 Å². The van der Waals surface area contributed by atoms with Crippen LogP contribution in [0.25, 0.3) is 0 Å². The van der Waals surface area contributed by atoms with Crippen molar-refractivity contribution in [2.45, 2.75) is 23.6 Å².